The maximum atomic E-state index is 4.64. The molecule has 0 unspecified atom stereocenters. The topological polar surface area (TPSA) is 49.8 Å². The maximum Gasteiger partial charge on any atom is 0.163 e. The Balaban J connectivity index is 1.85. The Bertz CT molecular complexity index is 785. The van der Waals surface area contributed by atoms with E-state index in [4.69, 9.17) is 0 Å². The Morgan fingerprint density at radius 2 is 1.46 bits per heavy atom. The number of nitrogens with one attached hydrogen (secondary N) is 2. The minimum Gasteiger partial charge on any atom is -0.366 e. The monoisotopic (exact) mass is 316 g/mol. The van der Waals surface area contributed by atoms with Crippen molar-refractivity contribution in [1.82, 2.24) is 9.97 Å². The molecule has 0 spiro atoms. The Labute approximate surface area is 142 Å². The van der Waals surface area contributed by atoms with Gasteiger partial charge >= 0.3 is 0 Å². The lowest BCUT2D eigenvalue weighted by Crippen LogP contribution is -2.07. The van der Waals surface area contributed by atoms with Crippen LogP contribution in [-0.4, -0.2) is 16.5 Å². The van der Waals surface area contributed by atoms with Crippen molar-refractivity contribution >= 4 is 11.6 Å². The summed E-state index contributed by atoms with van der Waals surface area (Å²) >= 11 is 0. The molecule has 120 valence electrons. The lowest BCUT2D eigenvalue weighted by atomic mass is 10.2. The molecule has 2 N–H and O–H groups in total. The number of aromatic nitrogens is 2. The van der Waals surface area contributed by atoms with E-state index in [1.165, 1.54) is 5.56 Å². The van der Waals surface area contributed by atoms with Crippen LogP contribution in [0, 0.1) is 0 Å². The first-order valence-electron chi connectivity index (χ1n) is 7.92. The summed E-state index contributed by atoms with van der Waals surface area (Å²) in [6.45, 7) is 5.10. The van der Waals surface area contributed by atoms with Gasteiger partial charge in [-0.3, -0.25) is 0 Å². The Morgan fingerprint density at radius 1 is 0.833 bits per heavy atom. The second-order valence-corrected chi connectivity index (χ2v) is 5.34. The molecular formula is C20H20N4. The summed E-state index contributed by atoms with van der Waals surface area (Å²) in [7, 11) is 0. The molecule has 0 aliphatic rings. The highest BCUT2D eigenvalue weighted by atomic mass is 15.1. The predicted octanol–water partition coefficient (Wildman–Crippen LogP) is 4.35. The average molecular weight is 316 g/mol. The number of nitrogens with zero attached hydrogens (tertiary/aromatic N) is 2. The van der Waals surface area contributed by atoms with Crippen LogP contribution in [0.3, 0.4) is 0 Å². The first-order chi connectivity index (χ1) is 11.8. The molecule has 24 heavy (non-hydrogen) atoms. The van der Waals surface area contributed by atoms with Gasteiger partial charge in [0.25, 0.3) is 0 Å². The molecule has 0 radical (unpaired) electrons. The first-order valence-corrected chi connectivity index (χ1v) is 7.92. The summed E-state index contributed by atoms with van der Waals surface area (Å²) in [6.07, 6.45) is 1.81. The van der Waals surface area contributed by atoms with Gasteiger partial charge in [-0.25, -0.2) is 9.97 Å². The van der Waals surface area contributed by atoms with Crippen LogP contribution in [0.2, 0.25) is 0 Å². The van der Waals surface area contributed by atoms with Crippen LogP contribution in [0.25, 0.3) is 11.4 Å². The molecule has 1 heterocycles. The molecule has 0 saturated carbocycles. The predicted molar refractivity (Wildman–Crippen MR) is 99.9 cm³/mol. The maximum absolute atomic E-state index is 4.64. The molecule has 0 aliphatic carbocycles. The highest BCUT2D eigenvalue weighted by Gasteiger charge is 2.06. The minimum absolute atomic E-state index is 0.656. The largest absolute Gasteiger partial charge is 0.366 e. The van der Waals surface area contributed by atoms with Gasteiger partial charge in [0, 0.05) is 24.7 Å². The summed E-state index contributed by atoms with van der Waals surface area (Å²) in [6, 6.07) is 22.1. The molecule has 0 bridgehead atoms. The quantitative estimate of drug-likeness (QED) is 0.636. The van der Waals surface area contributed by atoms with Gasteiger partial charge in [0.1, 0.15) is 11.6 Å². The summed E-state index contributed by atoms with van der Waals surface area (Å²) in [4.78, 5) is 9.22. The fourth-order valence-corrected chi connectivity index (χ4v) is 2.31. The van der Waals surface area contributed by atoms with Gasteiger partial charge in [-0.15, -0.1) is 6.58 Å². The van der Waals surface area contributed by atoms with E-state index in [1.807, 2.05) is 54.6 Å². The van der Waals surface area contributed by atoms with E-state index < -0.39 is 0 Å². The minimum atomic E-state index is 0.656. The van der Waals surface area contributed by atoms with E-state index in [9.17, 15) is 0 Å². The third kappa shape index (κ3) is 4.20. The van der Waals surface area contributed by atoms with E-state index in [2.05, 4.69) is 39.3 Å². The SMILES string of the molecule is C=CCNc1cc(NCc2ccccc2)nc(-c2ccccc2)n1. The van der Waals surface area contributed by atoms with Crippen LogP contribution in [0.4, 0.5) is 11.6 Å². The van der Waals surface area contributed by atoms with Crippen LogP contribution < -0.4 is 10.6 Å². The zero-order valence-corrected chi connectivity index (χ0v) is 13.4. The van der Waals surface area contributed by atoms with Crippen LogP contribution in [0.15, 0.2) is 79.4 Å². The molecule has 3 rings (SSSR count). The van der Waals surface area contributed by atoms with E-state index in [-0.39, 0.29) is 0 Å². The van der Waals surface area contributed by atoms with Crippen LogP contribution in [0.1, 0.15) is 5.56 Å². The second kappa shape index (κ2) is 7.92. The molecular weight excluding hydrogens is 296 g/mol. The smallest absolute Gasteiger partial charge is 0.163 e. The van der Waals surface area contributed by atoms with Crippen molar-refractivity contribution in [1.29, 1.82) is 0 Å². The third-order valence-electron chi connectivity index (χ3n) is 3.50. The molecule has 4 nitrogen and oxygen atoms in total. The first kappa shape index (κ1) is 15.7. The van der Waals surface area contributed by atoms with E-state index >= 15 is 0 Å². The lowest BCUT2D eigenvalue weighted by molar-refractivity contribution is 1.08. The highest BCUT2D eigenvalue weighted by molar-refractivity contribution is 5.61. The molecule has 1 aromatic heterocycles. The van der Waals surface area contributed by atoms with Gasteiger partial charge in [-0.05, 0) is 5.56 Å². The Morgan fingerprint density at radius 3 is 2.12 bits per heavy atom. The lowest BCUT2D eigenvalue weighted by Gasteiger charge is -2.11. The Hall–Kier alpha value is -3.14. The number of hydrogen-bond donors (Lipinski definition) is 2. The second-order valence-electron chi connectivity index (χ2n) is 5.34. The molecule has 0 amide bonds. The third-order valence-corrected chi connectivity index (χ3v) is 3.50. The number of rotatable bonds is 7. The average Bonchev–Trinajstić information content (AvgIpc) is 2.66. The van der Waals surface area contributed by atoms with E-state index in [0.717, 1.165) is 17.2 Å². The van der Waals surface area contributed by atoms with Crippen molar-refractivity contribution in [3.8, 4) is 11.4 Å². The van der Waals surface area contributed by atoms with Crippen molar-refractivity contribution in [2.75, 3.05) is 17.2 Å². The fraction of sp³-hybridized carbons (Fsp3) is 0.100. The normalized spacial score (nSPS) is 10.2. The van der Waals surface area contributed by atoms with Crippen LogP contribution in [0.5, 0.6) is 0 Å². The summed E-state index contributed by atoms with van der Waals surface area (Å²) < 4.78 is 0. The summed E-state index contributed by atoms with van der Waals surface area (Å²) in [5.74, 6) is 2.26. The standard InChI is InChI=1S/C20H20N4/c1-2-13-21-18-14-19(22-15-16-9-5-3-6-10-16)24-20(23-18)17-11-7-4-8-12-17/h2-12,14H,1,13,15H2,(H2,21,22,23,24). The van der Waals surface area contributed by atoms with Crippen molar-refractivity contribution in [3.63, 3.8) is 0 Å². The van der Waals surface area contributed by atoms with E-state index in [0.29, 0.717) is 18.9 Å². The van der Waals surface area contributed by atoms with Crippen LogP contribution >= 0.6 is 0 Å². The Kier molecular flexibility index (Phi) is 5.20. The summed E-state index contributed by atoms with van der Waals surface area (Å²) in [5.41, 5.74) is 2.19. The van der Waals surface area contributed by atoms with Gasteiger partial charge in [0.15, 0.2) is 5.82 Å². The molecule has 0 fully saturated rings. The summed E-state index contributed by atoms with van der Waals surface area (Å²) in [5, 5.41) is 6.60. The molecule has 0 atom stereocenters. The van der Waals surface area contributed by atoms with Crippen molar-refractivity contribution in [3.05, 3.63) is 84.9 Å². The van der Waals surface area contributed by atoms with Gasteiger partial charge < -0.3 is 10.6 Å². The number of anilines is 2. The number of benzene rings is 2. The van der Waals surface area contributed by atoms with Crippen molar-refractivity contribution in [2.24, 2.45) is 0 Å². The van der Waals surface area contributed by atoms with Crippen molar-refractivity contribution in [2.45, 2.75) is 6.54 Å². The molecule has 3 aromatic rings. The van der Waals surface area contributed by atoms with Gasteiger partial charge in [-0.2, -0.15) is 0 Å². The van der Waals surface area contributed by atoms with Crippen LogP contribution in [-0.2, 0) is 6.54 Å². The molecule has 4 heteroatoms. The number of hydrogen-bond acceptors (Lipinski definition) is 4. The highest BCUT2D eigenvalue weighted by Crippen LogP contribution is 2.20. The van der Waals surface area contributed by atoms with Gasteiger partial charge in [0.2, 0.25) is 0 Å². The molecule has 2 aromatic carbocycles. The van der Waals surface area contributed by atoms with Gasteiger partial charge in [0.05, 0.1) is 0 Å². The fourth-order valence-electron chi connectivity index (χ4n) is 2.31. The van der Waals surface area contributed by atoms with Crippen molar-refractivity contribution < 1.29 is 0 Å². The van der Waals surface area contributed by atoms with Gasteiger partial charge in [-0.1, -0.05) is 66.7 Å². The molecule has 0 saturated heterocycles. The molecule has 0 aliphatic heterocycles. The zero-order chi connectivity index (χ0) is 16.6. The van der Waals surface area contributed by atoms with E-state index in [1.54, 1.807) is 6.08 Å². The zero-order valence-electron chi connectivity index (χ0n) is 13.4.